The molecular formula is C18H17N3O5S. The Labute approximate surface area is 155 Å². The van der Waals surface area contributed by atoms with E-state index in [9.17, 15) is 18.3 Å². The number of nitrogens with two attached hydrogens (primary N) is 1. The maximum Gasteiger partial charge on any atom is 0.339 e. The van der Waals surface area contributed by atoms with Crippen molar-refractivity contribution in [2.75, 3.05) is 12.4 Å². The molecule has 0 amide bonds. The van der Waals surface area contributed by atoms with Gasteiger partial charge in [-0.15, -0.1) is 0 Å². The molecule has 1 aromatic heterocycles. The summed E-state index contributed by atoms with van der Waals surface area (Å²) in [5, 5.41) is 18.2. The molecule has 0 aliphatic heterocycles. The van der Waals surface area contributed by atoms with Gasteiger partial charge in [-0.1, -0.05) is 12.1 Å². The number of primary sulfonamides is 1. The fraction of sp³-hybridized carbons (Fsp3) is 0.111. The van der Waals surface area contributed by atoms with Crippen molar-refractivity contribution < 1.29 is 23.1 Å². The topological polar surface area (TPSA) is 132 Å². The molecule has 2 aromatic carbocycles. The molecule has 0 fully saturated rings. The third kappa shape index (κ3) is 4.15. The molecule has 4 N–H and O–H groups in total. The van der Waals surface area contributed by atoms with Gasteiger partial charge in [0.25, 0.3) is 0 Å². The third-order valence-electron chi connectivity index (χ3n) is 3.97. The molecule has 0 radical (unpaired) electrons. The monoisotopic (exact) mass is 387 g/mol. The normalized spacial score (nSPS) is 11.3. The van der Waals surface area contributed by atoms with Crippen molar-refractivity contribution in [2.45, 2.75) is 11.4 Å². The number of aromatic carboxylic acids is 1. The van der Waals surface area contributed by atoms with E-state index in [-0.39, 0.29) is 22.8 Å². The molecule has 0 atom stereocenters. The van der Waals surface area contributed by atoms with Crippen molar-refractivity contribution in [3.05, 3.63) is 59.7 Å². The first-order valence-electron chi connectivity index (χ1n) is 7.85. The van der Waals surface area contributed by atoms with Crippen LogP contribution >= 0.6 is 0 Å². The average Bonchev–Trinajstić information content (AvgIpc) is 2.64. The molecule has 0 saturated heterocycles. The molecule has 1 heterocycles. The fourth-order valence-corrected chi connectivity index (χ4v) is 3.07. The van der Waals surface area contributed by atoms with E-state index in [1.54, 1.807) is 30.3 Å². The van der Waals surface area contributed by atoms with Crippen LogP contribution in [-0.4, -0.2) is 31.6 Å². The van der Waals surface area contributed by atoms with Gasteiger partial charge in [-0.3, -0.25) is 0 Å². The lowest BCUT2D eigenvalue weighted by Crippen LogP contribution is -2.12. The number of hydrogen-bond acceptors (Lipinski definition) is 6. The van der Waals surface area contributed by atoms with E-state index >= 15 is 0 Å². The SMILES string of the molecule is COc1ccc2cc(C(=O)O)c(NCc3ccc(S(N)(=O)=O)cc3)nc2c1. The number of carbonyl (C=O) groups is 1. The molecule has 0 aliphatic rings. The zero-order valence-electron chi connectivity index (χ0n) is 14.3. The van der Waals surface area contributed by atoms with E-state index in [2.05, 4.69) is 10.3 Å². The van der Waals surface area contributed by atoms with Gasteiger partial charge in [-0.25, -0.2) is 23.3 Å². The number of aromatic nitrogens is 1. The van der Waals surface area contributed by atoms with Gasteiger partial charge in [0.2, 0.25) is 10.0 Å². The number of anilines is 1. The number of sulfonamides is 1. The number of methoxy groups -OCH3 is 1. The van der Waals surface area contributed by atoms with Crippen molar-refractivity contribution in [3.8, 4) is 5.75 Å². The van der Waals surface area contributed by atoms with Crippen LogP contribution in [-0.2, 0) is 16.6 Å². The minimum absolute atomic E-state index is 0.00778. The highest BCUT2D eigenvalue weighted by Crippen LogP contribution is 2.25. The second-order valence-corrected chi connectivity index (χ2v) is 7.35. The first kappa shape index (κ1) is 18.6. The number of ether oxygens (including phenoxy) is 1. The molecule has 140 valence electrons. The number of fused-ring (bicyclic) bond motifs is 1. The largest absolute Gasteiger partial charge is 0.497 e. The number of hydrogen-bond donors (Lipinski definition) is 3. The van der Waals surface area contributed by atoms with Crippen molar-refractivity contribution in [1.29, 1.82) is 0 Å². The van der Waals surface area contributed by atoms with Crippen LogP contribution in [0.3, 0.4) is 0 Å². The standard InChI is InChI=1S/C18H17N3O5S/c1-26-13-5-4-12-8-15(18(22)23)17(21-16(12)9-13)20-10-11-2-6-14(7-3-11)27(19,24)25/h2-9H,10H2,1H3,(H,20,21)(H,22,23)(H2,19,24,25). The summed E-state index contributed by atoms with van der Waals surface area (Å²) >= 11 is 0. The number of rotatable bonds is 6. The summed E-state index contributed by atoms with van der Waals surface area (Å²) < 4.78 is 27.8. The molecule has 0 bridgehead atoms. The van der Waals surface area contributed by atoms with Gasteiger partial charge in [-0.05, 0) is 35.9 Å². The molecule has 8 nitrogen and oxygen atoms in total. The Morgan fingerprint density at radius 2 is 1.89 bits per heavy atom. The molecule has 3 rings (SSSR count). The molecule has 3 aromatic rings. The summed E-state index contributed by atoms with van der Waals surface area (Å²) in [5.41, 5.74) is 1.37. The first-order chi connectivity index (χ1) is 12.8. The van der Waals surface area contributed by atoms with Crippen molar-refractivity contribution in [2.24, 2.45) is 5.14 Å². The second kappa shape index (κ2) is 7.22. The Bertz CT molecular complexity index is 1110. The van der Waals surface area contributed by atoms with Gasteiger partial charge in [0.15, 0.2) is 0 Å². The predicted octanol–water partition coefficient (Wildman–Crippen LogP) is 2.20. The Morgan fingerprint density at radius 3 is 2.48 bits per heavy atom. The predicted molar refractivity (Wildman–Crippen MR) is 100 cm³/mol. The van der Waals surface area contributed by atoms with Crippen molar-refractivity contribution >= 4 is 32.7 Å². The maximum absolute atomic E-state index is 11.6. The van der Waals surface area contributed by atoms with Crippen LogP contribution < -0.4 is 15.2 Å². The zero-order valence-corrected chi connectivity index (χ0v) is 15.2. The van der Waals surface area contributed by atoms with Crippen LogP contribution in [0.15, 0.2) is 53.4 Å². The summed E-state index contributed by atoms with van der Waals surface area (Å²) in [6, 6.07) is 12.7. The highest BCUT2D eigenvalue weighted by atomic mass is 32.2. The summed E-state index contributed by atoms with van der Waals surface area (Å²) in [4.78, 5) is 16.0. The molecule has 0 aliphatic carbocycles. The van der Waals surface area contributed by atoms with Gasteiger partial charge in [0, 0.05) is 18.0 Å². The average molecular weight is 387 g/mol. The van der Waals surface area contributed by atoms with Gasteiger partial charge in [0.05, 0.1) is 17.5 Å². The number of nitrogens with zero attached hydrogens (tertiary/aromatic N) is 1. The number of pyridine rings is 1. The Balaban J connectivity index is 1.90. The number of carboxylic acid groups (broad SMARTS) is 1. The van der Waals surface area contributed by atoms with Crippen LogP contribution in [0.25, 0.3) is 10.9 Å². The Morgan fingerprint density at radius 1 is 1.19 bits per heavy atom. The van der Waals surface area contributed by atoms with E-state index in [0.29, 0.717) is 16.7 Å². The minimum atomic E-state index is -3.76. The number of benzene rings is 2. The Kier molecular flexibility index (Phi) is 4.98. The number of carboxylic acids is 1. The smallest absolute Gasteiger partial charge is 0.339 e. The molecule has 27 heavy (non-hydrogen) atoms. The molecule has 0 spiro atoms. The Hall–Kier alpha value is -3.17. The molecule has 0 saturated carbocycles. The van der Waals surface area contributed by atoms with E-state index in [1.165, 1.54) is 25.3 Å². The second-order valence-electron chi connectivity index (χ2n) is 5.79. The third-order valence-corrected chi connectivity index (χ3v) is 4.90. The summed E-state index contributed by atoms with van der Waals surface area (Å²) in [6.45, 7) is 0.258. The molecule has 0 unspecified atom stereocenters. The summed E-state index contributed by atoms with van der Waals surface area (Å²) in [7, 11) is -2.22. The van der Waals surface area contributed by atoms with Crippen LogP contribution in [0.5, 0.6) is 5.75 Å². The summed E-state index contributed by atoms with van der Waals surface area (Å²) in [5.74, 6) is -0.284. The number of nitrogens with one attached hydrogen (secondary N) is 1. The molecule has 9 heteroatoms. The highest BCUT2D eigenvalue weighted by molar-refractivity contribution is 7.89. The quantitative estimate of drug-likeness (QED) is 0.591. The van der Waals surface area contributed by atoms with Gasteiger partial charge >= 0.3 is 5.97 Å². The highest BCUT2D eigenvalue weighted by Gasteiger charge is 2.14. The van der Waals surface area contributed by atoms with Crippen molar-refractivity contribution in [3.63, 3.8) is 0 Å². The lowest BCUT2D eigenvalue weighted by atomic mass is 10.1. The van der Waals surface area contributed by atoms with E-state index < -0.39 is 16.0 Å². The summed E-state index contributed by atoms with van der Waals surface area (Å²) in [6.07, 6.45) is 0. The van der Waals surface area contributed by atoms with Crippen molar-refractivity contribution in [1.82, 2.24) is 4.98 Å². The molecular weight excluding hydrogens is 370 g/mol. The van der Waals surface area contributed by atoms with Gasteiger partial charge in [0.1, 0.15) is 17.1 Å². The van der Waals surface area contributed by atoms with E-state index in [4.69, 9.17) is 9.88 Å². The first-order valence-corrected chi connectivity index (χ1v) is 9.40. The maximum atomic E-state index is 11.6. The minimum Gasteiger partial charge on any atom is -0.497 e. The van der Waals surface area contributed by atoms with Gasteiger partial charge < -0.3 is 15.2 Å². The fourth-order valence-electron chi connectivity index (χ4n) is 2.55. The van der Waals surface area contributed by atoms with E-state index in [0.717, 1.165) is 5.56 Å². The van der Waals surface area contributed by atoms with Crippen LogP contribution in [0.4, 0.5) is 5.82 Å². The van der Waals surface area contributed by atoms with Gasteiger partial charge in [-0.2, -0.15) is 0 Å². The zero-order chi connectivity index (χ0) is 19.6. The van der Waals surface area contributed by atoms with Crippen LogP contribution in [0, 0.1) is 0 Å². The lowest BCUT2D eigenvalue weighted by Gasteiger charge is -2.11. The van der Waals surface area contributed by atoms with E-state index in [1.807, 2.05) is 0 Å². The van der Waals surface area contributed by atoms with Crippen LogP contribution in [0.1, 0.15) is 15.9 Å². The lowest BCUT2D eigenvalue weighted by molar-refractivity contribution is 0.0697. The van der Waals surface area contributed by atoms with Crippen LogP contribution in [0.2, 0.25) is 0 Å².